The zero-order valence-corrected chi connectivity index (χ0v) is 13.0. The minimum absolute atomic E-state index is 0.0686. The summed E-state index contributed by atoms with van der Waals surface area (Å²) < 4.78 is 10.0. The number of rotatable bonds is 3. The van der Waals surface area contributed by atoms with Crippen LogP contribution in [0, 0.1) is 0 Å². The second kappa shape index (κ2) is 5.48. The van der Waals surface area contributed by atoms with Gasteiger partial charge in [0.15, 0.2) is 0 Å². The number of esters is 2. The van der Waals surface area contributed by atoms with Crippen LogP contribution in [0.2, 0.25) is 0 Å². The first-order valence-electron chi connectivity index (χ1n) is 6.13. The predicted octanol–water partition coefficient (Wildman–Crippen LogP) is 3.18. The Morgan fingerprint density at radius 3 is 2.89 bits per heavy atom. The monoisotopic (exact) mass is 374 g/mol. The molecule has 0 bridgehead atoms. The summed E-state index contributed by atoms with van der Waals surface area (Å²) in [5, 5.41) is 0. The van der Waals surface area contributed by atoms with Crippen molar-refractivity contribution in [2.45, 2.75) is 36.2 Å². The van der Waals surface area contributed by atoms with Crippen LogP contribution < -0.4 is 4.74 Å². The molecule has 2 unspecified atom stereocenters. The third-order valence-corrected chi connectivity index (χ3v) is 4.38. The second-order valence-corrected chi connectivity index (χ2v) is 7.04. The molecule has 0 aromatic heterocycles. The Labute approximate surface area is 125 Å². The molecule has 5 heteroatoms. The molecule has 102 valence electrons. The topological polar surface area (TPSA) is 52.6 Å². The van der Waals surface area contributed by atoms with Crippen molar-refractivity contribution in [3.05, 3.63) is 29.8 Å². The summed E-state index contributed by atoms with van der Waals surface area (Å²) in [5.41, 5.74) is 0.749. The fraction of sp³-hybridized carbons (Fsp3) is 0.429. The van der Waals surface area contributed by atoms with E-state index >= 15 is 0 Å². The molecule has 0 amide bonds. The van der Waals surface area contributed by atoms with Crippen LogP contribution in [0.1, 0.15) is 38.4 Å². The Hall–Kier alpha value is -1.11. The maximum Gasteiger partial charge on any atom is 0.322 e. The number of fused-ring (bicyclic) bond motifs is 1. The van der Waals surface area contributed by atoms with Crippen molar-refractivity contribution in [1.82, 2.24) is 0 Å². The van der Waals surface area contributed by atoms with Crippen LogP contribution in [0.4, 0.5) is 0 Å². The maximum atomic E-state index is 12.1. The number of ether oxygens (including phenoxy) is 2. The van der Waals surface area contributed by atoms with E-state index in [1.165, 1.54) is 0 Å². The van der Waals surface area contributed by atoms with Gasteiger partial charge in [-0.05, 0) is 19.4 Å². The predicted molar refractivity (Wildman–Crippen MR) is 78.2 cm³/mol. The fourth-order valence-corrected chi connectivity index (χ4v) is 1.89. The lowest BCUT2D eigenvalue weighted by Crippen LogP contribution is -2.33. The summed E-state index contributed by atoms with van der Waals surface area (Å²) in [4.78, 5) is 23.6. The first-order chi connectivity index (χ1) is 8.94. The normalized spacial score (nSPS) is 21.0. The van der Waals surface area contributed by atoms with Crippen LogP contribution in [0.25, 0.3) is 0 Å². The molecule has 1 aliphatic heterocycles. The van der Waals surface area contributed by atoms with Gasteiger partial charge >= 0.3 is 11.9 Å². The highest BCUT2D eigenvalue weighted by Crippen LogP contribution is 2.36. The van der Waals surface area contributed by atoms with Gasteiger partial charge in [0.05, 0.1) is 6.42 Å². The van der Waals surface area contributed by atoms with Gasteiger partial charge in [0, 0.05) is 5.56 Å². The lowest BCUT2D eigenvalue weighted by atomic mass is 10.0. The van der Waals surface area contributed by atoms with Crippen molar-refractivity contribution >= 4 is 34.5 Å². The minimum atomic E-state index is -0.575. The summed E-state index contributed by atoms with van der Waals surface area (Å²) >= 11 is 2.08. The molecule has 0 saturated heterocycles. The molecule has 1 aromatic rings. The number of halogens is 1. The molecule has 0 fully saturated rings. The lowest BCUT2D eigenvalue weighted by molar-refractivity contribution is -0.156. The van der Waals surface area contributed by atoms with E-state index in [2.05, 4.69) is 22.6 Å². The van der Waals surface area contributed by atoms with Crippen molar-refractivity contribution in [1.29, 1.82) is 0 Å². The van der Waals surface area contributed by atoms with Crippen LogP contribution in [-0.4, -0.2) is 15.4 Å². The van der Waals surface area contributed by atoms with Crippen LogP contribution in [0.3, 0.4) is 0 Å². The highest BCUT2D eigenvalue weighted by Gasteiger charge is 2.35. The average molecular weight is 374 g/mol. The van der Waals surface area contributed by atoms with Crippen molar-refractivity contribution in [2.75, 3.05) is 0 Å². The molecule has 19 heavy (non-hydrogen) atoms. The molecule has 0 saturated carbocycles. The second-order valence-electron chi connectivity index (χ2n) is 4.66. The quantitative estimate of drug-likeness (QED) is 0.353. The highest BCUT2D eigenvalue weighted by molar-refractivity contribution is 14.1. The van der Waals surface area contributed by atoms with Gasteiger partial charge in [0.25, 0.3) is 0 Å². The number of carbonyl (C=O) groups is 2. The zero-order chi connectivity index (χ0) is 14.0. The largest absolute Gasteiger partial charge is 0.456 e. The number of hydrogen-bond acceptors (Lipinski definition) is 4. The Balaban J connectivity index is 2.22. The summed E-state index contributed by atoms with van der Waals surface area (Å²) in [6.45, 7) is 3.75. The standard InChI is InChI=1S/C14H15IO4/c1-3-14(2,15)13(17)19-11-8-12(16)18-10-7-5-4-6-9(10)11/h4-7,11H,3,8H2,1-2H3. The molecule has 1 aliphatic rings. The van der Waals surface area contributed by atoms with E-state index in [4.69, 9.17) is 9.47 Å². The van der Waals surface area contributed by atoms with E-state index in [1.807, 2.05) is 26.0 Å². The number of hydrogen-bond donors (Lipinski definition) is 0. The first-order valence-corrected chi connectivity index (χ1v) is 7.21. The Kier molecular flexibility index (Phi) is 4.13. The summed E-state index contributed by atoms with van der Waals surface area (Å²) in [5.74, 6) is -0.198. The number of alkyl halides is 1. The minimum Gasteiger partial charge on any atom is -0.456 e. The van der Waals surface area contributed by atoms with Gasteiger partial charge in [-0.1, -0.05) is 47.7 Å². The Morgan fingerprint density at radius 2 is 2.21 bits per heavy atom. The molecule has 0 aliphatic carbocycles. The van der Waals surface area contributed by atoms with Gasteiger partial charge in [0.2, 0.25) is 0 Å². The van der Waals surface area contributed by atoms with E-state index in [-0.39, 0.29) is 18.4 Å². The smallest absolute Gasteiger partial charge is 0.322 e. The molecule has 2 atom stereocenters. The Bertz CT molecular complexity index is 510. The SMILES string of the molecule is CCC(C)(I)C(=O)OC1CC(=O)Oc2ccccc21. The third-order valence-electron chi connectivity index (χ3n) is 3.18. The summed E-state index contributed by atoms with van der Waals surface area (Å²) in [7, 11) is 0. The van der Waals surface area contributed by atoms with E-state index in [0.717, 1.165) is 5.56 Å². The van der Waals surface area contributed by atoms with E-state index in [0.29, 0.717) is 12.2 Å². The molecule has 4 nitrogen and oxygen atoms in total. The Morgan fingerprint density at radius 1 is 1.53 bits per heavy atom. The van der Waals surface area contributed by atoms with Crippen LogP contribution >= 0.6 is 22.6 Å². The van der Waals surface area contributed by atoms with Gasteiger partial charge in [0.1, 0.15) is 15.3 Å². The molecular weight excluding hydrogens is 359 g/mol. The highest BCUT2D eigenvalue weighted by atomic mass is 127. The average Bonchev–Trinajstić information content (AvgIpc) is 2.38. The van der Waals surface area contributed by atoms with E-state index < -0.39 is 9.53 Å². The van der Waals surface area contributed by atoms with E-state index in [9.17, 15) is 9.59 Å². The number of carbonyl (C=O) groups excluding carboxylic acids is 2. The van der Waals surface area contributed by atoms with Crippen molar-refractivity contribution < 1.29 is 19.1 Å². The molecule has 0 radical (unpaired) electrons. The van der Waals surface area contributed by atoms with Gasteiger partial charge in [-0.3, -0.25) is 9.59 Å². The van der Waals surface area contributed by atoms with Gasteiger partial charge in [-0.15, -0.1) is 0 Å². The van der Waals surface area contributed by atoms with Crippen LogP contribution in [0.5, 0.6) is 5.75 Å². The fourth-order valence-electron chi connectivity index (χ4n) is 1.77. The first kappa shape index (κ1) is 14.3. The van der Waals surface area contributed by atoms with Crippen LogP contribution in [-0.2, 0) is 14.3 Å². The molecule has 1 heterocycles. The summed E-state index contributed by atoms with van der Waals surface area (Å²) in [6.07, 6.45) is 0.190. The third kappa shape index (κ3) is 3.08. The summed E-state index contributed by atoms with van der Waals surface area (Å²) in [6, 6.07) is 7.14. The van der Waals surface area contributed by atoms with E-state index in [1.54, 1.807) is 12.1 Å². The van der Waals surface area contributed by atoms with Crippen molar-refractivity contribution in [3.8, 4) is 5.75 Å². The van der Waals surface area contributed by atoms with Crippen molar-refractivity contribution in [3.63, 3.8) is 0 Å². The molecule has 0 N–H and O–H groups in total. The molecule has 2 rings (SSSR count). The number of para-hydroxylation sites is 1. The molecule has 1 aromatic carbocycles. The van der Waals surface area contributed by atoms with Gasteiger partial charge in [-0.2, -0.15) is 0 Å². The van der Waals surface area contributed by atoms with Crippen molar-refractivity contribution in [2.24, 2.45) is 0 Å². The molecular formula is C14H15IO4. The van der Waals surface area contributed by atoms with Crippen LogP contribution in [0.15, 0.2) is 24.3 Å². The van der Waals surface area contributed by atoms with Gasteiger partial charge in [-0.25, -0.2) is 0 Å². The zero-order valence-electron chi connectivity index (χ0n) is 10.8. The number of benzene rings is 1. The molecule has 0 spiro atoms. The maximum absolute atomic E-state index is 12.1. The van der Waals surface area contributed by atoms with Gasteiger partial charge < -0.3 is 9.47 Å². The lowest BCUT2D eigenvalue weighted by Gasteiger charge is -2.27.